The number of nitriles is 1. The second-order valence-corrected chi connectivity index (χ2v) is 4.91. The van der Waals surface area contributed by atoms with Crippen LogP contribution in [0.3, 0.4) is 0 Å². The van der Waals surface area contributed by atoms with Crippen molar-refractivity contribution in [2.45, 2.75) is 6.54 Å². The minimum absolute atomic E-state index is 0.551. The molecule has 0 amide bonds. The van der Waals surface area contributed by atoms with Crippen LogP contribution >= 0.6 is 0 Å². The topological polar surface area (TPSA) is 48.3 Å². The number of ether oxygens (including phenoxy) is 1. The van der Waals surface area contributed by atoms with Crippen molar-refractivity contribution < 1.29 is 4.74 Å². The van der Waals surface area contributed by atoms with Crippen LogP contribution < -0.4 is 15.0 Å². The van der Waals surface area contributed by atoms with Gasteiger partial charge in [0, 0.05) is 20.6 Å². The van der Waals surface area contributed by atoms with Crippen LogP contribution in [-0.2, 0) is 6.54 Å². The minimum atomic E-state index is 0.551. The predicted octanol–water partition coefficient (Wildman–Crippen LogP) is 3.24. The summed E-state index contributed by atoms with van der Waals surface area (Å²) in [5, 5.41) is 12.4. The zero-order chi connectivity index (χ0) is 15.2. The Hall–Kier alpha value is -2.67. The van der Waals surface area contributed by atoms with Gasteiger partial charge in [-0.05, 0) is 29.8 Å². The molecule has 4 heteroatoms. The van der Waals surface area contributed by atoms with Gasteiger partial charge in [-0.15, -0.1) is 0 Å². The Labute approximate surface area is 125 Å². The molecule has 21 heavy (non-hydrogen) atoms. The molecule has 0 fully saturated rings. The van der Waals surface area contributed by atoms with E-state index in [1.165, 1.54) is 0 Å². The molecule has 0 aliphatic carbocycles. The zero-order valence-electron chi connectivity index (χ0n) is 12.6. The summed E-state index contributed by atoms with van der Waals surface area (Å²) < 4.78 is 5.23. The van der Waals surface area contributed by atoms with Crippen LogP contribution in [0.2, 0.25) is 0 Å². The first-order valence-electron chi connectivity index (χ1n) is 6.73. The van der Waals surface area contributed by atoms with Crippen LogP contribution in [0.15, 0.2) is 42.5 Å². The summed E-state index contributed by atoms with van der Waals surface area (Å²) in [4.78, 5) is 2.07. The average molecular weight is 281 g/mol. The lowest BCUT2D eigenvalue weighted by molar-refractivity contribution is 0.413. The van der Waals surface area contributed by atoms with E-state index >= 15 is 0 Å². The molecular formula is C17H19N3O. The van der Waals surface area contributed by atoms with E-state index in [9.17, 15) is 0 Å². The van der Waals surface area contributed by atoms with Crippen molar-refractivity contribution in [2.24, 2.45) is 0 Å². The Balaban J connectivity index is 2.16. The normalized spacial score (nSPS) is 9.81. The lowest BCUT2D eigenvalue weighted by Gasteiger charge is -2.18. The van der Waals surface area contributed by atoms with Crippen molar-refractivity contribution in [2.75, 3.05) is 31.4 Å². The monoisotopic (exact) mass is 281 g/mol. The fourth-order valence-electron chi connectivity index (χ4n) is 2.15. The fourth-order valence-corrected chi connectivity index (χ4v) is 2.15. The molecule has 0 atom stereocenters. The third-order valence-electron chi connectivity index (χ3n) is 3.26. The van der Waals surface area contributed by atoms with Gasteiger partial charge in [0.25, 0.3) is 0 Å². The number of hydrogen-bond acceptors (Lipinski definition) is 4. The zero-order valence-corrected chi connectivity index (χ0v) is 12.6. The Morgan fingerprint density at radius 1 is 1.19 bits per heavy atom. The number of anilines is 2. The van der Waals surface area contributed by atoms with Crippen LogP contribution in [0.5, 0.6) is 5.75 Å². The highest BCUT2D eigenvalue weighted by Crippen LogP contribution is 2.25. The summed E-state index contributed by atoms with van der Waals surface area (Å²) in [6, 6.07) is 15.9. The number of benzene rings is 2. The first-order valence-corrected chi connectivity index (χ1v) is 6.73. The molecule has 0 heterocycles. The van der Waals surface area contributed by atoms with E-state index in [0.29, 0.717) is 17.9 Å². The highest BCUT2D eigenvalue weighted by atomic mass is 16.5. The van der Waals surface area contributed by atoms with Gasteiger partial charge in [-0.25, -0.2) is 0 Å². The molecule has 2 aromatic rings. The molecule has 4 nitrogen and oxygen atoms in total. The van der Waals surface area contributed by atoms with E-state index in [4.69, 9.17) is 10.00 Å². The lowest BCUT2D eigenvalue weighted by atomic mass is 10.1. The van der Waals surface area contributed by atoms with Gasteiger partial charge in [-0.2, -0.15) is 5.26 Å². The van der Waals surface area contributed by atoms with Crippen molar-refractivity contribution in [3.8, 4) is 11.8 Å². The lowest BCUT2D eigenvalue weighted by Crippen LogP contribution is -2.12. The predicted molar refractivity (Wildman–Crippen MR) is 85.8 cm³/mol. The summed E-state index contributed by atoms with van der Waals surface area (Å²) in [5.41, 5.74) is 3.83. The van der Waals surface area contributed by atoms with Crippen molar-refractivity contribution in [3.05, 3.63) is 53.6 Å². The molecule has 0 saturated heterocycles. The molecule has 1 N–H and O–H groups in total. The van der Waals surface area contributed by atoms with Gasteiger partial charge in [-0.1, -0.05) is 18.2 Å². The smallest absolute Gasteiger partial charge is 0.136 e. The number of para-hydroxylation sites is 2. The van der Waals surface area contributed by atoms with Crippen LogP contribution in [-0.4, -0.2) is 21.2 Å². The first-order chi connectivity index (χ1) is 10.2. The molecule has 0 aliphatic heterocycles. The quantitative estimate of drug-likeness (QED) is 0.914. The van der Waals surface area contributed by atoms with Crippen molar-refractivity contribution in [1.82, 2.24) is 0 Å². The molecule has 0 unspecified atom stereocenters. The second kappa shape index (κ2) is 6.67. The standard InChI is InChI=1S/C17H19N3O/c1-20(2)16-7-5-4-6-15(16)19-12-13-8-9-14(11-18)17(10-13)21-3/h4-10,19H,12H2,1-3H3. The Bertz CT molecular complexity index is 659. The number of methoxy groups -OCH3 is 1. The number of hydrogen-bond donors (Lipinski definition) is 1. The van der Waals surface area contributed by atoms with Gasteiger partial charge >= 0.3 is 0 Å². The highest BCUT2D eigenvalue weighted by molar-refractivity contribution is 5.69. The van der Waals surface area contributed by atoms with Crippen LogP contribution in [0.1, 0.15) is 11.1 Å². The number of rotatable bonds is 5. The van der Waals surface area contributed by atoms with E-state index in [1.54, 1.807) is 13.2 Å². The molecule has 0 spiro atoms. The maximum atomic E-state index is 8.99. The van der Waals surface area contributed by atoms with Crippen LogP contribution in [0.25, 0.3) is 0 Å². The minimum Gasteiger partial charge on any atom is -0.495 e. The van der Waals surface area contributed by atoms with E-state index in [0.717, 1.165) is 16.9 Å². The van der Waals surface area contributed by atoms with E-state index < -0.39 is 0 Å². The summed E-state index contributed by atoms with van der Waals surface area (Å²) in [6.45, 7) is 0.674. The van der Waals surface area contributed by atoms with E-state index in [-0.39, 0.29) is 0 Å². The van der Waals surface area contributed by atoms with E-state index in [1.807, 2.05) is 38.4 Å². The van der Waals surface area contributed by atoms with Crippen LogP contribution in [0, 0.1) is 11.3 Å². The fraction of sp³-hybridized carbons (Fsp3) is 0.235. The van der Waals surface area contributed by atoms with Crippen LogP contribution in [0.4, 0.5) is 11.4 Å². The molecule has 0 aliphatic rings. The van der Waals surface area contributed by atoms with E-state index in [2.05, 4.69) is 28.4 Å². The van der Waals surface area contributed by atoms with Crippen molar-refractivity contribution in [1.29, 1.82) is 5.26 Å². The van der Waals surface area contributed by atoms with Gasteiger partial charge in [0.1, 0.15) is 11.8 Å². The molecule has 0 saturated carbocycles. The summed E-state index contributed by atoms with van der Waals surface area (Å²) in [5.74, 6) is 0.609. The Morgan fingerprint density at radius 2 is 1.95 bits per heavy atom. The molecule has 0 aromatic heterocycles. The van der Waals surface area contributed by atoms with Crippen molar-refractivity contribution >= 4 is 11.4 Å². The molecule has 2 rings (SSSR count). The largest absolute Gasteiger partial charge is 0.495 e. The van der Waals surface area contributed by atoms with Gasteiger partial charge in [0.05, 0.1) is 24.0 Å². The summed E-state index contributed by atoms with van der Waals surface area (Å²) >= 11 is 0. The van der Waals surface area contributed by atoms with Crippen molar-refractivity contribution in [3.63, 3.8) is 0 Å². The van der Waals surface area contributed by atoms with Gasteiger partial charge in [0.15, 0.2) is 0 Å². The first kappa shape index (κ1) is 14.7. The highest BCUT2D eigenvalue weighted by Gasteiger charge is 2.06. The maximum Gasteiger partial charge on any atom is 0.136 e. The Kier molecular flexibility index (Phi) is 4.68. The third kappa shape index (κ3) is 3.46. The van der Waals surface area contributed by atoms with Gasteiger partial charge in [0.2, 0.25) is 0 Å². The molecule has 0 radical (unpaired) electrons. The maximum absolute atomic E-state index is 8.99. The Morgan fingerprint density at radius 3 is 2.62 bits per heavy atom. The number of nitrogens with zero attached hydrogens (tertiary/aromatic N) is 2. The number of nitrogens with one attached hydrogen (secondary N) is 1. The van der Waals surface area contributed by atoms with Gasteiger partial charge in [-0.3, -0.25) is 0 Å². The average Bonchev–Trinajstić information content (AvgIpc) is 2.52. The summed E-state index contributed by atoms with van der Waals surface area (Å²) in [6.07, 6.45) is 0. The second-order valence-electron chi connectivity index (χ2n) is 4.91. The SMILES string of the molecule is COc1cc(CNc2ccccc2N(C)C)ccc1C#N. The third-order valence-corrected chi connectivity index (χ3v) is 3.26. The molecule has 0 bridgehead atoms. The molecular weight excluding hydrogens is 262 g/mol. The van der Waals surface area contributed by atoms with Gasteiger partial charge < -0.3 is 15.0 Å². The molecule has 108 valence electrons. The summed E-state index contributed by atoms with van der Waals surface area (Å²) in [7, 11) is 5.62. The molecule has 2 aromatic carbocycles.